The number of nitrogens with two attached hydrogens (primary N) is 1. The highest BCUT2D eigenvalue weighted by molar-refractivity contribution is 7.15. The summed E-state index contributed by atoms with van der Waals surface area (Å²) in [5.41, 5.74) is 13.6. The lowest BCUT2D eigenvalue weighted by molar-refractivity contribution is 0.287. The zero-order chi connectivity index (χ0) is 25.9. The van der Waals surface area contributed by atoms with Gasteiger partial charge in [0.25, 0.3) is 0 Å². The molecule has 188 valence electrons. The Morgan fingerprint density at radius 1 is 0.868 bits per heavy atom. The Hall–Kier alpha value is -4.26. The average Bonchev–Trinajstić information content (AvgIpc) is 3.58. The fourth-order valence-electron chi connectivity index (χ4n) is 4.68. The van der Waals surface area contributed by atoms with E-state index in [2.05, 4.69) is 77.8 Å². The summed E-state index contributed by atoms with van der Waals surface area (Å²) in [6.45, 7) is 2.52. The van der Waals surface area contributed by atoms with Crippen molar-refractivity contribution in [2.75, 3.05) is 6.61 Å². The maximum atomic E-state index is 6.39. The second-order valence-corrected chi connectivity index (χ2v) is 10.7. The highest BCUT2D eigenvalue weighted by Crippen LogP contribution is 2.37. The summed E-state index contributed by atoms with van der Waals surface area (Å²) in [6, 6.07) is 33.1. The largest absolute Gasteiger partial charge is 0.490 e. The van der Waals surface area contributed by atoms with Crippen molar-refractivity contribution >= 4 is 22.2 Å². The first-order chi connectivity index (χ1) is 18.6. The molecule has 6 aromatic rings. The van der Waals surface area contributed by atoms with E-state index in [4.69, 9.17) is 15.5 Å². The number of aromatic nitrogens is 3. The molecule has 3 heterocycles. The van der Waals surface area contributed by atoms with E-state index in [0.717, 1.165) is 50.3 Å². The number of rotatable bonds is 8. The Kier molecular flexibility index (Phi) is 6.73. The third-order valence-electron chi connectivity index (χ3n) is 6.56. The van der Waals surface area contributed by atoms with Crippen molar-refractivity contribution < 1.29 is 4.74 Å². The minimum atomic E-state index is -0.117. The number of ether oxygens (including phenoxy) is 1. The lowest BCUT2D eigenvalue weighted by Crippen LogP contribution is -2.30. The fourth-order valence-corrected chi connectivity index (χ4v) is 5.55. The molecule has 3 N–H and O–H groups in total. The SMILES string of the molecule is Cc1ccc(-c2n[nH]c3ccc(-c4cc(OC[C@@H](N)Cc5ccccc5)cnc4-c4ccccc4)cc23)s1. The number of aryl methyl sites for hydroxylation is 1. The van der Waals surface area contributed by atoms with Crippen molar-refractivity contribution in [3.8, 4) is 38.7 Å². The van der Waals surface area contributed by atoms with Gasteiger partial charge in [0, 0.05) is 27.4 Å². The monoisotopic (exact) mass is 516 g/mol. The van der Waals surface area contributed by atoms with Crippen molar-refractivity contribution in [1.82, 2.24) is 15.2 Å². The predicted molar refractivity (Wildman–Crippen MR) is 156 cm³/mol. The van der Waals surface area contributed by atoms with Gasteiger partial charge < -0.3 is 10.5 Å². The van der Waals surface area contributed by atoms with E-state index in [1.54, 1.807) is 17.5 Å². The highest BCUT2D eigenvalue weighted by Gasteiger charge is 2.16. The van der Waals surface area contributed by atoms with Gasteiger partial charge in [-0.15, -0.1) is 11.3 Å². The molecule has 0 amide bonds. The molecule has 3 aromatic heterocycles. The minimum absolute atomic E-state index is 0.117. The van der Waals surface area contributed by atoms with Crippen LogP contribution >= 0.6 is 11.3 Å². The summed E-state index contributed by atoms with van der Waals surface area (Å²) in [6.07, 6.45) is 2.54. The van der Waals surface area contributed by atoms with Crippen LogP contribution in [0.4, 0.5) is 0 Å². The molecule has 1 atom stereocenters. The van der Waals surface area contributed by atoms with Crippen molar-refractivity contribution in [3.63, 3.8) is 0 Å². The third kappa shape index (κ3) is 5.09. The Morgan fingerprint density at radius 3 is 2.42 bits per heavy atom. The lowest BCUT2D eigenvalue weighted by Gasteiger charge is -2.16. The molecule has 0 aliphatic rings. The zero-order valence-electron chi connectivity index (χ0n) is 21.1. The number of fused-ring (bicyclic) bond motifs is 1. The van der Waals surface area contributed by atoms with Crippen LogP contribution in [0.5, 0.6) is 5.75 Å². The molecule has 0 saturated heterocycles. The molecule has 0 bridgehead atoms. The topological polar surface area (TPSA) is 76.8 Å². The number of hydrogen-bond acceptors (Lipinski definition) is 5. The van der Waals surface area contributed by atoms with Crippen LogP contribution in [-0.2, 0) is 6.42 Å². The molecule has 0 saturated carbocycles. The van der Waals surface area contributed by atoms with Gasteiger partial charge in [0.1, 0.15) is 18.1 Å². The van der Waals surface area contributed by atoms with Crippen molar-refractivity contribution in [3.05, 3.63) is 114 Å². The molecule has 0 spiro atoms. The lowest BCUT2D eigenvalue weighted by atomic mass is 9.97. The maximum absolute atomic E-state index is 6.39. The van der Waals surface area contributed by atoms with Crippen molar-refractivity contribution in [1.29, 1.82) is 0 Å². The summed E-state index contributed by atoms with van der Waals surface area (Å²) in [7, 11) is 0. The zero-order valence-corrected chi connectivity index (χ0v) is 21.9. The first-order valence-electron chi connectivity index (χ1n) is 12.7. The van der Waals surface area contributed by atoms with Crippen molar-refractivity contribution in [2.45, 2.75) is 19.4 Å². The van der Waals surface area contributed by atoms with Crippen LogP contribution in [0.1, 0.15) is 10.4 Å². The average molecular weight is 517 g/mol. The number of thiophene rings is 1. The molecule has 0 aliphatic carbocycles. The summed E-state index contributed by atoms with van der Waals surface area (Å²) in [5, 5.41) is 8.90. The number of benzene rings is 3. The van der Waals surface area contributed by atoms with E-state index < -0.39 is 0 Å². The molecular weight excluding hydrogens is 488 g/mol. The molecule has 38 heavy (non-hydrogen) atoms. The van der Waals surface area contributed by atoms with Gasteiger partial charge in [0.15, 0.2) is 0 Å². The molecule has 6 heteroatoms. The van der Waals surface area contributed by atoms with E-state index in [1.807, 2.05) is 36.4 Å². The van der Waals surface area contributed by atoms with Gasteiger partial charge >= 0.3 is 0 Å². The van der Waals surface area contributed by atoms with Gasteiger partial charge in [0.2, 0.25) is 0 Å². The van der Waals surface area contributed by atoms with Crippen LogP contribution in [0.15, 0.2) is 103 Å². The molecule has 0 unspecified atom stereocenters. The van der Waals surface area contributed by atoms with Gasteiger partial charge in [-0.25, -0.2) is 0 Å². The number of aromatic amines is 1. The molecule has 3 aromatic carbocycles. The first kappa shape index (κ1) is 24.1. The Morgan fingerprint density at radius 2 is 1.66 bits per heavy atom. The smallest absolute Gasteiger partial charge is 0.138 e. The van der Waals surface area contributed by atoms with E-state index in [0.29, 0.717) is 12.4 Å². The van der Waals surface area contributed by atoms with Crippen LogP contribution in [0, 0.1) is 6.92 Å². The number of pyridine rings is 1. The van der Waals surface area contributed by atoms with Crippen LogP contribution in [0.3, 0.4) is 0 Å². The fraction of sp³-hybridized carbons (Fsp3) is 0.125. The van der Waals surface area contributed by atoms with Crippen molar-refractivity contribution in [2.24, 2.45) is 5.73 Å². The third-order valence-corrected chi connectivity index (χ3v) is 7.57. The second kappa shape index (κ2) is 10.6. The molecule has 5 nitrogen and oxygen atoms in total. The van der Waals surface area contributed by atoms with Crippen LogP contribution in [0.2, 0.25) is 0 Å². The van der Waals surface area contributed by atoms with Gasteiger partial charge in [-0.1, -0.05) is 66.7 Å². The summed E-state index contributed by atoms with van der Waals surface area (Å²) >= 11 is 1.75. The number of H-pyrrole nitrogens is 1. The van der Waals surface area contributed by atoms with Gasteiger partial charge in [-0.2, -0.15) is 5.10 Å². The molecular formula is C32H28N4OS. The summed E-state index contributed by atoms with van der Waals surface area (Å²) < 4.78 is 6.16. The Balaban J connectivity index is 1.35. The predicted octanol–water partition coefficient (Wildman–Crippen LogP) is 7.28. The van der Waals surface area contributed by atoms with Crippen LogP contribution in [0.25, 0.3) is 43.9 Å². The van der Waals surface area contributed by atoms with E-state index in [-0.39, 0.29) is 6.04 Å². The first-order valence-corrected chi connectivity index (χ1v) is 13.5. The van der Waals surface area contributed by atoms with Gasteiger partial charge in [-0.3, -0.25) is 10.1 Å². The van der Waals surface area contributed by atoms with Gasteiger partial charge in [0.05, 0.1) is 22.3 Å². The standard InChI is InChI=1S/C32H28N4OS/c1-21-12-15-30(38-21)32-28-17-24(13-14-29(28)35-36-32)27-18-26(19-34-31(27)23-10-6-3-7-11-23)37-20-25(33)16-22-8-4-2-5-9-22/h2-15,17-19,25H,16,20,33H2,1H3,(H,35,36)/t25-/m0/s1. The second-order valence-electron chi connectivity index (χ2n) is 9.44. The Bertz CT molecular complexity index is 1670. The maximum Gasteiger partial charge on any atom is 0.138 e. The quantitative estimate of drug-likeness (QED) is 0.223. The van der Waals surface area contributed by atoms with Crippen LogP contribution < -0.4 is 10.5 Å². The van der Waals surface area contributed by atoms with Crippen LogP contribution in [-0.4, -0.2) is 27.8 Å². The van der Waals surface area contributed by atoms with E-state index in [1.165, 1.54) is 10.4 Å². The summed E-state index contributed by atoms with van der Waals surface area (Å²) in [4.78, 5) is 7.26. The molecule has 0 fully saturated rings. The highest BCUT2D eigenvalue weighted by atomic mass is 32.1. The number of nitrogens with one attached hydrogen (secondary N) is 1. The summed E-state index contributed by atoms with van der Waals surface area (Å²) in [5.74, 6) is 0.699. The number of nitrogens with zero attached hydrogens (tertiary/aromatic N) is 2. The normalized spacial score (nSPS) is 12.1. The van der Waals surface area contributed by atoms with Gasteiger partial charge in [-0.05, 0) is 54.8 Å². The molecule has 0 aliphatic heterocycles. The number of hydrogen-bond donors (Lipinski definition) is 2. The van der Waals surface area contributed by atoms with E-state index in [9.17, 15) is 0 Å². The minimum Gasteiger partial charge on any atom is -0.490 e. The molecule has 6 rings (SSSR count). The van der Waals surface area contributed by atoms with E-state index >= 15 is 0 Å². The Labute approximate surface area is 226 Å². The molecule has 0 radical (unpaired) electrons.